The Morgan fingerprint density at radius 3 is 2.94 bits per heavy atom. The molecule has 2 unspecified atom stereocenters. The van der Waals surface area contributed by atoms with Gasteiger partial charge in [0.05, 0.1) is 12.7 Å². The molecular formula is C12H16N2OS2. The lowest BCUT2D eigenvalue weighted by atomic mass is 10.0. The van der Waals surface area contributed by atoms with Crippen molar-refractivity contribution >= 4 is 23.1 Å². The lowest BCUT2D eigenvalue weighted by Gasteiger charge is -2.19. The molecule has 1 heterocycles. The van der Waals surface area contributed by atoms with Gasteiger partial charge >= 0.3 is 0 Å². The minimum Gasteiger partial charge on any atom is -0.396 e. The van der Waals surface area contributed by atoms with Gasteiger partial charge < -0.3 is 5.11 Å². The molecule has 0 aliphatic heterocycles. The maximum absolute atomic E-state index is 9.38. The second-order valence-corrected chi connectivity index (χ2v) is 6.51. The smallest absolute Gasteiger partial charge is 0.111 e. The van der Waals surface area contributed by atoms with Crippen LogP contribution in [0, 0.1) is 24.2 Å². The molecule has 0 radical (unpaired) electrons. The minimum atomic E-state index is -0.113. The third-order valence-corrected chi connectivity index (χ3v) is 5.36. The Kier molecular flexibility index (Phi) is 4.43. The van der Waals surface area contributed by atoms with Crippen molar-refractivity contribution in [2.45, 2.75) is 30.9 Å². The van der Waals surface area contributed by atoms with Crippen LogP contribution in [0.4, 0.5) is 0 Å². The van der Waals surface area contributed by atoms with E-state index >= 15 is 0 Å². The average molecular weight is 268 g/mol. The molecule has 0 aromatic carbocycles. The van der Waals surface area contributed by atoms with Crippen molar-refractivity contribution in [3.63, 3.8) is 0 Å². The summed E-state index contributed by atoms with van der Waals surface area (Å²) in [5.41, 5.74) is 0.993. The Bertz CT molecular complexity index is 409. The Morgan fingerprint density at radius 2 is 2.47 bits per heavy atom. The molecule has 2 rings (SSSR count). The number of aromatic nitrogens is 1. The standard InChI is InChI=1S/C12H16N2OS2/c1-8-7-17-12(14-8)10(6-13)11(9-2-3-9)16-5-4-15/h7,9-11,15H,2-5H2,1H3. The fourth-order valence-electron chi connectivity index (χ4n) is 1.90. The van der Waals surface area contributed by atoms with Gasteiger partial charge in [-0.25, -0.2) is 4.98 Å². The maximum Gasteiger partial charge on any atom is 0.111 e. The Labute approximate surface area is 110 Å². The lowest BCUT2D eigenvalue weighted by molar-refractivity contribution is 0.322. The van der Waals surface area contributed by atoms with Crippen LogP contribution >= 0.6 is 23.1 Å². The summed E-state index contributed by atoms with van der Waals surface area (Å²) in [6.45, 7) is 2.14. The largest absolute Gasteiger partial charge is 0.396 e. The number of thiazole rings is 1. The number of hydrogen-bond acceptors (Lipinski definition) is 5. The monoisotopic (exact) mass is 268 g/mol. The molecule has 1 aliphatic carbocycles. The fraction of sp³-hybridized carbons (Fsp3) is 0.667. The zero-order valence-corrected chi connectivity index (χ0v) is 11.4. The zero-order valence-electron chi connectivity index (χ0n) is 9.80. The number of aliphatic hydroxyl groups is 1. The highest BCUT2D eigenvalue weighted by molar-refractivity contribution is 8.00. The van der Waals surface area contributed by atoms with E-state index in [2.05, 4.69) is 11.1 Å². The number of aliphatic hydroxyl groups excluding tert-OH is 1. The van der Waals surface area contributed by atoms with E-state index in [0.717, 1.165) is 10.7 Å². The first kappa shape index (κ1) is 12.9. The number of nitriles is 1. The molecule has 0 saturated heterocycles. The highest BCUT2D eigenvalue weighted by Gasteiger charge is 2.38. The van der Waals surface area contributed by atoms with Gasteiger partial charge in [-0.05, 0) is 25.7 Å². The third kappa shape index (κ3) is 3.21. The summed E-state index contributed by atoms with van der Waals surface area (Å²) < 4.78 is 0. The van der Waals surface area contributed by atoms with Crippen LogP contribution in [0.5, 0.6) is 0 Å². The molecule has 5 heteroatoms. The first-order chi connectivity index (χ1) is 8.26. The number of nitrogens with zero attached hydrogens (tertiary/aromatic N) is 2. The summed E-state index contributed by atoms with van der Waals surface area (Å²) >= 11 is 3.30. The van der Waals surface area contributed by atoms with Gasteiger partial charge in [-0.1, -0.05) is 0 Å². The van der Waals surface area contributed by atoms with Crippen LogP contribution in [0.25, 0.3) is 0 Å². The van der Waals surface area contributed by atoms with E-state index < -0.39 is 0 Å². The zero-order chi connectivity index (χ0) is 12.3. The molecule has 1 aromatic heterocycles. The molecule has 17 heavy (non-hydrogen) atoms. The normalized spacial score (nSPS) is 18.6. The van der Waals surface area contributed by atoms with Crippen molar-refractivity contribution in [3.8, 4) is 6.07 Å². The summed E-state index contributed by atoms with van der Waals surface area (Å²) in [6, 6.07) is 2.41. The topological polar surface area (TPSA) is 56.9 Å². The molecule has 0 spiro atoms. The molecule has 1 saturated carbocycles. The molecule has 2 atom stereocenters. The summed E-state index contributed by atoms with van der Waals surface area (Å²) in [6.07, 6.45) is 2.43. The Morgan fingerprint density at radius 1 is 1.71 bits per heavy atom. The molecule has 0 bridgehead atoms. The maximum atomic E-state index is 9.38. The van der Waals surface area contributed by atoms with Gasteiger partial charge in [-0.2, -0.15) is 17.0 Å². The van der Waals surface area contributed by atoms with Crippen LogP contribution in [-0.2, 0) is 0 Å². The summed E-state index contributed by atoms with van der Waals surface area (Å²) in [5.74, 6) is 1.24. The number of thioether (sulfide) groups is 1. The SMILES string of the molecule is Cc1csc(C(C#N)C(SCCO)C2CC2)n1. The highest BCUT2D eigenvalue weighted by atomic mass is 32.2. The molecule has 92 valence electrons. The van der Waals surface area contributed by atoms with E-state index in [-0.39, 0.29) is 12.5 Å². The van der Waals surface area contributed by atoms with E-state index in [1.165, 1.54) is 12.8 Å². The van der Waals surface area contributed by atoms with E-state index in [4.69, 9.17) is 5.11 Å². The van der Waals surface area contributed by atoms with Gasteiger partial charge in [0.1, 0.15) is 10.9 Å². The third-order valence-electron chi connectivity index (χ3n) is 2.86. The van der Waals surface area contributed by atoms with Crippen molar-refractivity contribution in [2.24, 2.45) is 5.92 Å². The lowest BCUT2D eigenvalue weighted by Crippen LogP contribution is -2.17. The molecule has 1 aliphatic rings. The molecular weight excluding hydrogens is 252 g/mol. The van der Waals surface area contributed by atoms with E-state index in [0.29, 0.717) is 16.9 Å². The van der Waals surface area contributed by atoms with Gasteiger partial charge in [0, 0.05) is 22.1 Å². The van der Waals surface area contributed by atoms with Crippen LogP contribution in [-0.4, -0.2) is 27.7 Å². The van der Waals surface area contributed by atoms with Crippen molar-refractivity contribution in [3.05, 3.63) is 16.1 Å². The first-order valence-corrected chi connectivity index (χ1v) is 7.73. The van der Waals surface area contributed by atoms with Crippen LogP contribution < -0.4 is 0 Å². The van der Waals surface area contributed by atoms with Crippen LogP contribution in [0.1, 0.15) is 29.5 Å². The van der Waals surface area contributed by atoms with Gasteiger partial charge in [-0.15, -0.1) is 11.3 Å². The Hall–Kier alpha value is -0.570. The van der Waals surface area contributed by atoms with Gasteiger partial charge in [-0.3, -0.25) is 0 Å². The predicted molar refractivity (Wildman–Crippen MR) is 71.3 cm³/mol. The predicted octanol–water partition coefficient (Wildman–Crippen LogP) is 2.56. The van der Waals surface area contributed by atoms with Gasteiger partial charge in [0.25, 0.3) is 0 Å². The van der Waals surface area contributed by atoms with E-state index in [1.54, 1.807) is 23.1 Å². The van der Waals surface area contributed by atoms with Crippen LogP contribution in [0.3, 0.4) is 0 Å². The van der Waals surface area contributed by atoms with Crippen molar-refractivity contribution in [1.82, 2.24) is 4.98 Å². The second kappa shape index (κ2) is 5.85. The molecule has 0 amide bonds. The van der Waals surface area contributed by atoms with Crippen molar-refractivity contribution < 1.29 is 5.11 Å². The summed E-state index contributed by atoms with van der Waals surface area (Å²) in [5, 5.41) is 21.5. The van der Waals surface area contributed by atoms with Crippen LogP contribution in [0.2, 0.25) is 0 Å². The Balaban J connectivity index is 2.11. The molecule has 1 N–H and O–H groups in total. The highest BCUT2D eigenvalue weighted by Crippen LogP contribution is 2.45. The fourth-order valence-corrected chi connectivity index (χ4v) is 4.18. The average Bonchev–Trinajstić information content (AvgIpc) is 3.08. The van der Waals surface area contributed by atoms with Gasteiger partial charge in [0.15, 0.2) is 0 Å². The quantitative estimate of drug-likeness (QED) is 0.861. The molecule has 1 aromatic rings. The van der Waals surface area contributed by atoms with Gasteiger partial charge in [0.2, 0.25) is 0 Å². The number of hydrogen-bond donors (Lipinski definition) is 1. The molecule has 3 nitrogen and oxygen atoms in total. The second-order valence-electron chi connectivity index (χ2n) is 4.33. The molecule has 1 fully saturated rings. The van der Waals surface area contributed by atoms with E-state index in [9.17, 15) is 5.26 Å². The first-order valence-electron chi connectivity index (χ1n) is 5.80. The summed E-state index contributed by atoms with van der Waals surface area (Å²) in [4.78, 5) is 4.44. The minimum absolute atomic E-state index is 0.113. The van der Waals surface area contributed by atoms with Crippen molar-refractivity contribution in [1.29, 1.82) is 5.26 Å². The van der Waals surface area contributed by atoms with E-state index in [1.807, 2.05) is 12.3 Å². The van der Waals surface area contributed by atoms with Crippen LogP contribution in [0.15, 0.2) is 5.38 Å². The number of aryl methyl sites for hydroxylation is 1. The number of rotatable bonds is 6. The van der Waals surface area contributed by atoms with Crippen molar-refractivity contribution in [2.75, 3.05) is 12.4 Å². The summed E-state index contributed by atoms with van der Waals surface area (Å²) in [7, 11) is 0.